The van der Waals surface area contributed by atoms with Crippen LogP contribution in [0.5, 0.6) is 0 Å². The molecule has 1 fully saturated rings. The van der Waals surface area contributed by atoms with Gasteiger partial charge in [-0.1, -0.05) is 30.3 Å². The van der Waals surface area contributed by atoms with Crippen molar-refractivity contribution in [1.82, 2.24) is 21.1 Å². The van der Waals surface area contributed by atoms with Crippen molar-refractivity contribution in [3.63, 3.8) is 0 Å². The predicted octanol–water partition coefficient (Wildman–Crippen LogP) is -0.172. The van der Waals surface area contributed by atoms with Gasteiger partial charge in [-0.2, -0.15) is 5.26 Å². The highest BCUT2D eigenvalue weighted by atomic mass is 16.2. The molecule has 3 amide bonds. The second kappa shape index (κ2) is 9.39. The Bertz CT molecular complexity index is 656. The van der Waals surface area contributed by atoms with Crippen LogP contribution in [0.15, 0.2) is 30.3 Å². The van der Waals surface area contributed by atoms with Gasteiger partial charge in [0.1, 0.15) is 6.04 Å². The van der Waals surface area contributed by atoms with Gasteiger partial charge < -0.3 is 5.32 Å². The molecule has 0 saturated carbocycles. The summed E-state index contributed by atoms with van der Waals surface area (Å²) in [7, 11) is 0. The van der Waals surface area contributed by atoms with E-state index in [1.165, 1.54) is 5.01 Å². The first-order chi connectivity index (χ1) is 12.1. The second-order valence-corrected chi connectivity index (χ2v) is 5.69. The van der Waals surface area contributed by atoms with Gasteiger partial charge >= 0.3 is 0 Å². The molecule has 1 heterocycles. The third-order valence-corrected chi connectivity index (χ3v) is 3.87. The summed E-state index contributed by atoms with van der Waals surface area (Å²) in [6.45, 7) is 0.776. The topological polar surface area (TPSA) is 114 Å². The highest BCUT2D eigenvalue weighted by molar-refractivity contribution is 5.88. The number of rotatable bonds is 6. The highest BCUT2D eigenvalue weighted by Crippen LogP contribution is 2.11. The molecular formula is C17H21N5O3. The molecule has 8 heteroatoms. The highest BCUT2D eigenvalue weighted by Gasteiger charge is 2.31. The van der Waals surface area contributed by atoms with Gasteiger partial charge in [-0.15, -0.1) is 0 Å². The van der Waals surface area contributed by atoms with Gasteiger partial charge in [0.25, 0.3) is 5.91 Å². The Labute approximate surface area is 146 Å². The van der Waals surface area contributed by atoms with E-state index in [-0.39, 0.29) is 31.2 Å². The SMILES string of the molecule is N#CNC(=O)[C@@H]1CCCNN1C(=O)CCNC(=O)Cc1ccccc1. The van der Waals surface area contributed by atoms with Gasteiger partial charge in [0, 0.05) is 19.5 Å². The zero-order chi connectivity index (χ0) is 18.1. The number of carbonyl (C=O) groups is 3. The molecular weight excluding hydrogens is 322 g/mol. The van der Waals surface area contributed by atoms with E-state index in [4.69, 9.17) is 5.26 Å². The van der Waals surface area contributed by atoms with Crippen molar-refractivity contribution in [2.24, 2.45) is 0 Å². The summed E-state index contributed by atoms with van der Waals surface area (Å²) < 4.78 is 0. The van der Waals surface area contributed by atoms with Gasteiger partial charge in [-0.25, -0.2) is 5.43 Å². The number of benzene rings is 1. The smallest absolute Gasteiger partial charge is 0.257 e. The molecule has 132 valence electrons. The minimum atomic E-state index is -0.707. The lowest BCUT2D eigenvalue weighted by atomic mass is 10.1. The number of nitriles is 1. The number of carbonyl (C=O) groups excluding carboxylic acids is 3. The number of nitrogens with one attached hydrogen (secondary N) is 3. The molecule has 3 N–H and O–H groups in total. The maximum absolute atomic E-state index is 12.3. The Morgan fingerprint density at radius 2 is 2.04 bits per heavy atom. The van der Waals surface area contributed by atoms with E-state index in [9.17, 15) is 14.4 Å². The fraction of sp³-hybridized carbons (Fsp3) is 0.412. The molecule has 25 heavy (non-hydrogen) atoms. The first-order valence-electron chi connectivity index (χ1n) is 8.17. The van der Waals surface area contributed by atoms with Crippen molar-refractivity contribution in [1.29, 1.82) is 5.26 Å². The largest absolute Gasteiger partial charge is 0.355 e. The summed E-state index contributed by atoms with van der Waals surface area (Å²) >= 11 is 0. The van der Waals surface area contributed by atoms with Crippen LogP contribution in [0, 0.1) is 11.5 Å². The van der Waals surface area contributed by atoms with Crippen LogP contribution in [0.3, 0.4) is 0 Å². The molecule has 1 aromatic carbocycles. The third-order valence-electron chi connectivity index (χ3n) is 3.87. The van der Waals surface area contributed by atoms with E-state index in [0.717, 1.165) is 12.0 Å². The molecule has 1 aromatic rings. The molecule has 1 saturated heterocycles. The van der Waals surface area contributed by atoms with Gasteiger partial charge in [0.05, 0.1) is 6.42 Å². The summed E-state index contributed by atoms with van der Waals surface area (Å²) in [4.78, 5) is 36.0. The van der Waals surface area contributed by atoms with E-state index >= 15 is 0 Å². The Kier molecular flexibility index (Phi) is 6.92. The first-order valence-corrected chi connectivity index (χ1v) is 8.17. The maximum Gasteiger partial charge on any atom is 0.257 e. The minimum absolute atomic E-state index is 0.0733. The predicted molar refractivity (Wildman–Crippen MR) is 89.4 cm³/mol. The van der Waals surface area contributed by atoms with E-state index in [0.29, 0.717) is 13.0 Å². The van der Waals surface area contributed by atoms with Crippen molar-refractivity contribution in [2.45, 2.75) is 31.7 Å². The number of hydrazine groups is 1. The van der Waals surface area contributed by atoms with Crippen LogP contribution in [0.25, 0.3) is 0 Å². The van der Waals surface area contributed by atoms with Crippen LogP contribution in [-0.2, 0) is 20.8 Å². The number of amides is 3. The van der Waals surface area contributed by atoms with E-state index in [2.05, 4.69) is 16.1 Å². The fourth-order valence-electron chi connectivity index (χ4n) is 2.66. The van der Waals surface area contributed by atoms with Crippen molar-refractivity contribution in [3.8, 4) is 6.19 Å². The van der Waals surface area contributed by atoms with Crippen LogP contribution in [0.1, 0.15) is 24.8 Å². The van der Waals surface area contributed by atoms with Gasteiger partial charge in [0.2, 0.25) is 11.8 Å². The molecule has 0 radical (unpaired) electrons. The van der Waals surface area contributed by atoms with Crippen molar-refractivity contribution >= 4 is 17.7 Å². The lowest BCUT2D eigenvalue weighted by molar-refractivity contribution is -0.146. The lowest BCUT2D eigenvalue weighted by Gasteiger charge is -2.34. The Morgan fingerprint density at radius 1 is 1.28 bits per heavy atom. The lowest BCUT2D eigenvalue weighted by Crippen LogP contribution is -2.58. The van der Waals surface area contributed by atoms with Gasteiger partial charge in [0.15, 0.2) is 6.19 Å². The fourth-order valence-corrected chi connectivity index (χ4v) is 2.66. The average molecular weight is 343 g/mol. The van der Waals surface area contributed by atoms with E-state index in [1.54, 1.807) is 6.19 Å². The molecule has 2 rings (SSSR count). The number of nitrogens with zero attached hydrogens (tertiary/aromatic N) is 2. The molecule has 0 aromatic heterocycles. The zero-order valence-corrected chi connectivity index (χ0v) is 13.8. The van der Waals surface area contributed by atoms with E-state index in [1.807, 2.05) is 30.3 Å². The van der Waals surface area contributed by atoms with Crippen LogP contribution >= 0.6 is 0 Å². The van der Waals surface area contributed by atoms with Crippen molar-refractivity contribution in [2.75, 3.05) is 13.1 Å². The normalized spacial score (nSPS) is 16.6. The minimum Gasteiger partial charge on any atom is -0.355 e. The molecule has 0 unspecified atom stereocenters. The Morgan fingerprint density at radius 3 is 2.76 bits per heavy atom. The third kappa shape index (κ3) is 5.58. The summed E-state index contributed by atoms with van der Waals surface area (Å²) in [6, 6.07) is 8.62. The molecule has 1 aliphatic rings. The van der Waals surface area contributed by atoms with Crippen LogP contribution < -0.4 is 16.1 Å². The number of hydrogen-bond acceptors (Lipinski definition) is 5. The monoisotopic (exact) mass is 343 g/mol. The van der Waals surface area contributed by atoms with Crippen LogP contribution in [0.2, 0.25) is 0 Å². The van der Waals surface area contributed by atoms with Crippen molar-refractivity contribution < 1.29 is 14.4 Å². The molecule has 8 nitrogen and oxygen atoms in total. The molecule has 1 aliphatic heterocycles. The molecule has 0 spiro atoms. The van der Waals surface area contributed by atoms with Crippen LogP contribution in [0.4, 0.5) is 0 Å². The standard InChI is InChI=1S/C17H21N5O3/c18-12-20-17(25)14-7-4-9-21-22(14)16(24)8-10-19-15(23)11-13-5-2-1-3-6-13/h1-3,5-6,14,21H,4,7-11H2,(H,19,23)(H,20,25)/t14-/m0/s1. The summed E-state index contributed by atoms with van der Waals surface area (Å²) in [5.41, 5.74) is 3.79. The zero-order valence-electron chi connectivity index (χ0n) is 13.8. The summed E-state index contributed by atoms with van der Waals surface area (Å²) in [5.74, 6) is -0.960. The molecule has 1 atom stereocenters. The summed E-state index contributed by atoms with van der Waals surface area (Å²) in [5, 5.41) is 14.6. The Hall–Kier alpha value is -2.92. The quantitative estimate of drug-likeness (QED) is 0.490. The second-order valence-electron chi connectivity index (χ2n) is 5.69. The maximum atomic E-state index is 12.3. The molecule has 0 aliphatic carbocycles. The van der Waals surface area contributed by atoms with Crippen molar-refractivity contribution in [3.05, 3.63) is 35.9 Å². The first kappa shape index (κ1) is 18.4. The van der Waals surface area contributed by atoms with Gasteiger partial charge in [-0.3, -0.25) is 24.7 Å². The molecule has 0 bridgehead atoms. The van der Waals surface area contributed by atoms with E-state index < -0.39 is 11.9 Å². The summed E-state index contributed by atoms with van der Waals surface area (Å²) in [6.07, 6.45) is 3.14. The Balaban J connectivity index is 1.79. The number of hydrogen-bond donors (Lipinski definition) is 3. The average Bonchev–Trinajstić information content (AvgIpc) is 2.62. The van der Waals surface area contributed by atoms with Gasteiger partial charge in [-0.05, 0) is 18.4 Å². The van der Waals surface area contributed by atoms with Crippen LogP contribution in [-0.4, -0.2) is 41.9 Å².